The molecule has 0 radical (unpaired) electrons. The molecule has 1 atom stereocenters. The Bertz CT molecular complexity index is 112. The maximum Gasteiger partial charge on any atom is 0.0594 e. The Morgan fingerprint density at radius 3 is 2.10 bits per heavy atom. The van der Waals surface area contributed by atoms with Gasteiger partial charge in [-0.05, 0) is 27.8 Å². The zero-order valence-corrected chi connectivity index (χ0v) is 7.46. The fourth-order valence-electron chi connectivity index (χ4n) is 1.59. The standard InChI is InChI=1S/C8H18N2/c1-7(2)10-6-5-9(4)8(10)3/h7-8H,5-6H2,1-4H3. The summed E-state index contributed by atoms with van der Waals surface area (Å²) in [6.45, 7) is 9.24. The first-order valence-electron chi connectivity index (χ1n) is 4.09. The summed E-state index contributed by atoms with van der Waals surface area (Å²) in [5, 5.41) is 0. The minimum Gasteiger partial charge on any atom is -0.290 e. The molecule has 60 valence electrons. The van der Waals surface area contributed by atoms with Crippen LogP contribution in [-0.4, -0.2) is 42.1 Å². The van der Waals surface area contributed by atoms with Gasteiger partial charge in [-0.1, -0.05) is 0 Å². The summed E-state index contributed by atoms with van der Waals surface area (Å²) in [4.78, 5) is 4.90. The zero-order chi connectivity index (χ0) is 7.72. The van der Waals surface area contributed by atoms with Gasteiger partial charge >= 0.3 is 0 Å². The van der Waals surface area contributed by atoms with E-state index in [0.29, 0.717) is 12.2 Å². The molecule has 0 aromatic heterocycles. The number of likely N-dealkylation sites (N-methyl/N-ethyl adjacent to an activating group) is 1. The van der Waals surface area contributed by atoms with E-state index in [0.717, 1.165) is 0 Å². The summed E-state index contributed by atoms with van der Waals surface area (Å²) >= 11 is 0. The number of rotatable bonds is 1. The molecule has 0 spiro atoms. The molecule has 0 aromatic carbocycles. The molecule has 1 unspecified atom stereocenters. The van der Waals surface area contributed by atoms with Crippen LogP contribution in [0.15, 0.2) is 0 Å². The van der Waals surface area contributed by atoms with Crippen molar-refractivity contribution < 1.29 is 0 Å². The van der Waals surface area contributed by atoms with Gasteiger partial charge in [-0.25, -0.2) is 0 Å². The molecular formula is C8H18N2. The highest BCUT2D eigenvalue weighted by Crippen LogP contribution is 2.14. The van der Waals surface area contributed by atoms with Crippen LogP contribution in [0.3, 0.4) is 0 Å². The Morgan fingerprint density at radius 2 is 1.90 bits per heavy atom. The second-order valence-corrected chi connectivity index (χ2v) is 3.44. The topological polar surface area (TPSA) is 6.48 Å². The molecule has 0 aromatic rings. The predicted octanol–water partition coefficient (Wildman–Crippen LogP) is 0.988. The second-order valence-electron chi connectivity index (χ2n) is 3.44. The summed E-state index contributed by atoms with van der Waals surface area (Å²) in [5.41, 5.74) is 0. The molecule has 0 aliphatic carbocycles. The molecule has 0 saturated carbocycles. The van der Waals surface area contributed by atoms with Crippen molar-refractivity contribution in [1.29, 1.82) is 0 Å². The fraction of sp³-hybridized carbons (Fsp3) is 1.00. The van der Waals surface area contributed by atoms with E-state index < -0.39 is 0 Å². The summed E-state index contributed by atoms with van der Waals surface area (Å²) < 4.78 is 0. The van der Waals surface area contributed by atoms with Gasteiger partial charge in [0.2, 0.25) is 0 Å². The van der Waals surface area contributed by atoms with Crippen LogP contribution in [0.2, 0.25) is 0 Å². The van der Waals surface area contributed by atoms with Crippen LogP contribution in [0.5, 0.6) is 0 Å². The lowest BCUT2D eigenvalue weighted by atomic mass is 10.3. The van der Waals surface area contributed by atoms with E-state index >= 15 is 0 Å². The van der Waals surface area contributed by atoms with Crippen molar-refractivity contribution in [1.82, 2.24) is 9.80 Å². The third kappa shape index (κ3) is 1.32. The normalized spacial score (nSPS) is 30.3. The van der Waals surface area contributed by atoms with Gasteiger partial charge in [0.1, 0.15) is 0 Å². The Labute approximate surface area is 63.8 Å². The largest absolute Gasteiger partial charge is 0.290 e. The Kier molecular flexibility index (Phi) is 2.32. The molecule has 2 heteroatoms. The molecular weight excluding hydrogens is 124 g/mol. The molecule has 0 N–H and O–H groups in total. The van der Waals surface area contributed by atoms with Gasteiger partial charge in [-0.3, -0.25) is 9.80 Å². The van der Waals surface area contributed by atoms with Gasteiger partial charge in [0.05, 0.1) is 6.17 Å². The Morgan fingerprint density at radius 1 is 1.30 bits per heavy atom. The van der Waals surface area contributed by atoms with Crippen LogP contribution in [0.1, 0.15) is 20.8 Å². The summed E-state index contributed by atoms with van der Waals surface area (Å²) in [5.74, 6) is 0. The van der Waals surface area contributed by atoms with E-state index in [2.05, 4.69) is 37.6 Å². The highest BCUT2D eigenvalue weighted by molar-refractivity contribution is 4.78. The van der Waals surface area contributed by atoms with Crippen molar-refractivity contribution in [2.24, 2.45) is 0 Å². The highest BCUT2D eigenvalue weighted by atomic mass is 15.4. The average Bonchev–Trinajstić information content (AvgIpc) is 2.14. The first-order valence-corrected chi connectivity index (χ1v) is 4.09. The van der Waals surface area contributed by atoms with Gasteiger partial charge in [0.15, 0.2) is 0 Å². The lowest BCUT2D eigenvalue weighted by molar-refractivity contribution is 0.145. The van der Waals surface area contributed by atoms with E-state index in [9.17, 15) is 0 Å². The lowest BCUT2D eigenvalue weighted by Gasteiger charge is -2.27. The number of hydrogen-bond donors (Lipinski definition) is 0. The van der Waals surface area contributed by atoms with Crippen molar-refractivity contribution >= 4 is 0 Å². The lowest BCUT2D eigenvalue weighted by Crippen LogP contribution is -2.38. The van der Waals surface area contributed by atoms with Crippen LogP contribution >= 0.6 is 0 Å². The maximum absolute atomic E-state index is 2.51. The molecule has 1 heterocycles. The fourth-order valence-corrected chi connectivity index (χ4v) is 1.59. The van der Waals surface area contributed by atoms with Crippen LogP contribution in [0.4, 0.5) is 0 Å². The van der Waals surface area contributed by atoms with E-state index in [-0.39, 0.29) is 0 Å². The molecule has 1 rings (SSSR count). The molecule has 10 heavy (non-hydrogen) atoms. The Balaban J connectivity index is 2.49. The third-order valence-corrected chi connectivity index (χ3v) is 2.49. The summed E-state index contributed by atoms with van der Waals surface area (Å²) in [6.07, 6.45) is 0.639. The molecule has 0 bridgehead atoms. The van der Waals surface area contributed by atoms with Crippen molar-refractivity contribution in [3.8, 4) is 0 Å². The molecule has 1 aliphatic rings. The number of nitrogens with zero attached hydrogens (tertiary/aromatic N) is 2. The van der Waals surface area contributed by atoms with Gasteiger partial charge in [-0.15, -0.1) is 0 Å². The van der Waals surface area contributed by atoms with E-state index in [1.54, 1.807) is 0 Å². The highest BCUT2D eigenvalue weighted by Gasteiger charge is 2.26. The van der Waals surface area contributed by atoms with E-state index in [1.165, 1.54) is 13.1 Å². The van der Waals surface area contributed by atoms with Gasteiger partial charge < -0.3 is 0 Å². The monoisotopic (exact) mass is 142 g/mol. The maximum atomic E-state index is 2.51. The first kappa shape index (κ1) is 8.02. The van der Waals surface area contributed by atoms with E-state index in [4.69, 9.17) is 0 Å². The van der Waals surface area contributed by atoms with Crippen LogP contribution in [-0.2, 0) is 0 Å². The average molecular weight is 142 g/mol. The molecule has 1 aliphatic heterocycles. The third-order valence-electron chi connectivity index (χ3n) is 2.49. The van der Waals surface area contributed by atoms with Gasteiger partial charge in [-0.2, -0.15) is 0 Å². The number of hydrogen-bond acceptors (Lipinski definition) is 2. The van der Waals surface area contributed by atoms with Crippen LogP contribution in [0, 0.1) is 0 Å². The smallest absolute Gasteiger partial charge is 0.0594 e. The first-order chi connectivity index (χ1) is 4.63. The van der Waals surface area contributed by atoms with Crippen LogP contribution in [0.25, 0.3) is 0 Å². The Hall–Kier alpha value is -0.0800. The van der Waals surface area contributed by atoms with Crippen molar-refractivity contribution in [2.75, 3.05) is 20.1 Å². The summed E-state index contributed by atoms with van der Waals surface area (Å²) in [6, 6.07) is 0.694. The van der Waals surface area contributed by atoms with Crippen molar-refractivity contribution in [2.45, 2.75) is 33.0 Å². The predicted molar refractivity (Wildman–Crippen MR) is 43.9 cm³/mol. The zero-order valence-electron chi connectivity index (χ0n) is 7.46. The van der Waals surface area contributed by atoms with Gasteiger partial charge in [0.25, 0.3) is 0 Å². The quantitative estimate of drug-likeness (QED) is 0.538. The molecule has 2 nitrogen and oxygen atoms in total. The SMILES string of the molecule is CC(C)N1CCN(C)C1C. The summed E-state index contributed by atoms with van der Waals surface area (Å²) in [7, 11) is 2.19. The molecule has 0 amide bonds. The van der Waals surface area contributed by atoms with Gasteiger partial charge in [0, 0.05) is 19.1 Å². The minimum absolute atomic E-state index is 0.639. The van der Waals surface area contributed by atoms with Crippen molar-refractivity contribution in [3.05, 3.63) is 0 Å². The van der Waals surface area contributed by atoms with Crippen LogP contribution < -0.4 is 0 Å². The minimum atomic E-state index is 0.639. The van der Waals surface area contributed by atoms with E-state index in [1.807, 2.05) is 0 Å². The molecule has 1 saturated heterocycles. The van der Waals surface area contributed by atoms with Crippen molar-refractivity contribution in [3.63, 3.8) is 0 Å². The molecule has 1 fully saturated rings. The second kappa shape index (κ2) is 2.89.